The fourth-order valence-corrected chi connectivity index (χ4v) is 2.12. The lowest BCUT2D eigenvalue weighted by molar-refractivity contribution is -0.121. The highest BCUT2D eigenvalue weighted by atomic mass is 16.2. The maximum Gasteiger partial charge on any atom is 0.267 e. The van der Waals surface area contributed by atoms with E-state index >= 15 is 0 Å². The number of hydrogen-bond donors (Lipinski definition) is 2. The van der Waals surface area contributed by atoms with Crippen molar-refractivity contribution in [3.05, 3.63) is 83.6 Å². The van der Waals surface area contributed by atoms with Gasteiger partial charge >= 0.3 is 0 Å². The minimum absolute atomic E-state index is 0.224. The monoisotopic (exact) mass is 334 g/mol. The molecule has 4 nitrogen and oxygen atoms in total. The van der Waals surface area contributed by atoms with Gasteiger partial charge < -0.3 is 10.6 Å². The van der Waals surface area contributed by atoms with Gasteiger partial charge in [0, 0.05) is 12.6 Å². The van der Waals surface area contributed by atoms with Gasteiger partial charge in [-0.3, -0.25) is 9.59 Å². The Balaban J connectivity index is 2.12. The highest BCUT2D eigenvalue weighted by molar-refractivity contribution is 6.04. The van der Waals surface area contributed by atoms with Gasteiger partial charge in [-0.15, -0.1) is 0 Å². The molecule has 2 aromatic carbocycles. The summed E-state index contributed by atoms with van der Waals surface area (Å²) in [5.74, 6) is -0.648. The summed E-state index contributed by atoms with van der Waals surface area (Å²) < 4.78 is 0. The predicted octanol–water partition coefficient (Wildman–Crippen LogP) is 3.38. The van der Waals surface area contributed by atoms with Crippen molar-refractivity contribution in [1.29, 1.82) is 0 Å². The molecule has 2 N–H and O–H groups in total. The molecule has 0 unspecified atom stereocenters. The molecular formula is C21H22N2O2. The van der Waals surface area contributed by atoms with Crippen LogP contribution in [0.15, 0.2) is 72.4 Å². The van der Waals surface area contributed by atoms with E-state index in [1.165, 1.54) is 6.08 Å². The van der Waals surface area contributed by atoms with Crippen LogP contribution in [-0.2, 0) is 9.59 Å². The Labute approximate surface area is 148 Å². The van der Waals surface area contributed by atoms with Crippen LogP contribution in [0.25, 0.3) is 12.2 Å². The Morgan fingerprint density at radius 2 is 1.52 bits per heavy atom. The second-order valence-corrected chi connectivity index (χ2v) is 5.46. The Kier molecular flexibility index (Phi) is 7.19. The first kappa shape index (κ1) is 18.2. The lowest BCUT2D eigenvalue weighted by atomic mass is 10.2. The van der Waals surface area contributed by atoms with Crippen molar-refractivity contribution < 1.29 is 9.59 Å². The predicted molar refractivity (Wildman–Crippen MR) is 101 cm³/mol. The molecule has 0 radical (unpaired) electrons. The van der Waals surface area contributed by atoms with E-state index in [0.717, 1.165) is 17.5 Å². The highest BCUT2D eigenvalue weighted by Gasteiger charge is 2.11. The molecule has 0 fully saturated rings. The standard InChI is InChI=1S/C21H22N2O2/c1-2-15-22-21(25)19(16-18-11-7-4-8-12-18)23-20(24)14-13-17-9-5-3-6-10-17/h3-14,16H,2,15H2,1H3,(H,22,25)(H,23,24)/b14-13+,19-16-. The first-order valence-corrected chi connectivity index (χ1v) is 8.28. The fraction of sp³-hybridized carbons (Fsp3) is 0.143. The molecule has 0 aliphatic carbocycles. The number of amides is 2. The second-order valence-electron chi connectivity index (χ2n) is 5.46. The van der Waals surface area contributed by atoms with Crippen LogP contribution in [0.5, 0.6) is 0 Å². The third-order valence-corrected chi connectivity index (χ3v) is 3.38. The summed E-state index contributed by atoms with van der Waals surface area (Å²) >= 11 is 0. The number of hydrogen-bond acceptors (Lipinski definition) is 2. The van der Waals surface area contributed by atoms with Crippen LogP contribution in [0.1, 0.15) is 24.5 Å². The molecule has 0 heterocycles. The van der Waals surface area contributed by atoms with E-state index in [9.17, 15) is 9.59 Å². The molecule has 0 aliphatic rings. The number of nitrogens with one attached hydrogen (secondary N) is 2. The van der Waals surface area contributed by atoms with E-state index in [1.54, 1.807) is 12.2 Å². The topological polar surface area (TPSA) is 58.2 Å². The van der Waals surface area contributed by atoms with Gasteiger partial charge in [0.1, 0.15) is 5.70 Å². The van der Waals surface area contributed by atoms with Gasteiger partial charge in [-0.05, 0) is 29.7 Å². The van der Waals surface area contributed by atoms with Crippen LogP contribution < -0.4 is 10.6 Å². The van der Waals surface area contributed by atoms with Gasteiger partial charge in [-0.1, -0.05) is 67.6 Å². The van der Waals surface area contributed by atoms with Crippen LogP contribution in [0.2, 0.25) is 0 Å². The number of carbonyl (C=O) groups is 2. The van der Waals surface area contributed by atoms with Crippen LogP contribution in [0.4, 0.5) is 0 Å². The lowest BCUT2D eigenvalue weighted by Gasteiger charge is -2.09. The van der Waals surface area contributed by atoms with Crippen molar-refractivity contribution in [2.75, 3.05) is 6.54 Å². The van der Waals surface area contributed by atoms with Crippen molar-refractivity contribution >= 4 is 24.0 Å². The third kappa shape index (κ3) is 6.47. The normalized spacial score (nSPS) is 11.3. The van der Waals surface area contributed by atoms with Gasteiger partial charge in [0.05, 0.1) is 0 Å². The van der Waals surface area contributed by atoms with Crippen LogP contribution in [0.3, 0.4) is 0 Å². The SMILES string of the molecule is CCCNC(=O)/C(=C/c1ccccc1)NC(=O)/C=C/c1ccccc1. The molecule has 2 rings (SSSR count). The van der Waals surface area contributed by atoms with E-state index < -0.39 is 0 Å². The molecule has 128 valence electrons. The van der Waals surface area contributed by atoms with Crippen LogP contribution >= 0.6 is 0 Å². The first-order valence-electron chi connectivity index (χ1n) is 8.28. The van der Waals surface area contributed by atoms with E-state index in [1.807, 2.05) is 67.6 Å². The highest BCUT2D eigenvalue weighted by Crippen LogP contribution is 2.06. The molecule has 25 heavy (non-hydrogen) atoms. The zero-order valence-corrected chi connectivity index (χ0v) is 14.2. The van der Waals surface area contributed by atoms with Gasteiger partial charge in [-0.25, -0.2) is 0 Å². The summed E-state index contributed by atoms with van der Waals surface area (Å²) in [5.41, 5.74) is 1.99. The van der Waals surface area contributed by atoms with E-state index in [-0.39, 0.29) is 17.5 Å². The first-order chi connectivity index (χ1) is 12.2. The molecule has 2 aromatic rings. The molecule has 0 aliphatic heterocycles. The minimum Gasteiger partial charge on any atom is -0.351 e. The fourth-order valence-electron chi connectivity index (χ4n) is 2.12. The molecule has 2 amide bonds. The van der Waals surface area contributed by atoms with Gasteiger partial charge in [0.15, 0.2) is 0 Å². The van der Waals surface area contributed by atoms with Crippen molar-refractivity contribution in [3.8, 4) is 0 Å². The summed E-state index contributed by atoms with van der Waals surface area (Å²) in [7, 11) is 0. The Morgan fingerprint density at radius 3 is 2.12 bits per heavy atom. The van der Waals surface area contributed by atoms with Gasteiger partial charge in [0.2, 0.25) is 5.91 Å². The van der Waals surface area contributed by atoms with Gasteiger partial charge in [0.25, 0.3) is 5.91 Å². The molecule has 0 atom stereocenters. The van der Waals surface area contributed by atoms with E-state index in [0.29, 0.717) is 6.54 Å². The number of rotatable bonds is 7. The minimum atomic E-state index is -0.349. The van der Waals surface area contributed by atoms with E-state index in [2.05, 4.69) is 10.6 Å². The average Bonchev–Trinajstić information content (AvgIpc) is 2.65. The Hall–Kier alpha value is -3.14. The lowest BCUT2D eigenvalue weighted by Crippen LogP contribution is -2.34. The zero-order valence-electron chi connectivity index (χ0n) is 14.2. The summed E-state index contributed by atoms with van der Waals surface area (Å²) in [6.45, 7) is 2.53. The number of benzene rings is 2. The van der Waals surface area contributed by atoms with E-state index in [4.69, 9.17) is 0 Å². The van der Waals surface area contributed by atoms with Crippen molar-refractivity contribution in [1.82, 2.24) is 10.6 Å². The average molecular weight is 334 g/mol. The summed E-state index contributed by atoms with van der Waals surface area (Å²) in [6.07, 6.45) is 5.62. The summed E-state index contributed by atoms with van der Waals surface area (Å²) in [6, 6.07) is 18.9. The molecule has 0 bridgehead atoms. The van der Waals surface area contributed by atoms with Crippen LogP contribution in [-0.4, -0.2) is 18.4 Å². The summed E-state index contributed by atoms with van der Waals surface area (Å²) in [5, 5.41) is 5.45. The molecule has 0 aromatic heterocycles. The third-order valence-electron chi connectivity index (χ3n) is 3.38. The quantitative estimate of drug-likeness (QED) is 0.763. The van der Waals surface area contributed by atoms with Crippen molar-refractivity contribution in [2.45, 2.75) is 13.3 Å². The summed E-state index contributed by atoms with van der Waals surface area (Å²) in [4.78, 5) is 24.5. The zero-order chi connectivity index (χ0) is 17.9. The Morgan fingerprint density at radius 1 is 0.920 bits per heavy atom. The maximum atomic E-state index is 12.3. The number of carbonyl (C=O) groups excluding carboxylic acids is 2. The Bertz CT molecular complexity index is 750. The molecule has 0 saturated heterocycles. The van der Waals surface area contributed by atoms with Crippen LogP contribution in [0, 0.1) is 0 Å². The van der Waals surface area contributed by atoms with Crippen molar-refractivity contribution in [3.63, 3.8) is 0 Å². The largest absolute Gasteiger partial charge is 0.351 e. The molecule has 4 heteroatoms. The molecular weight excluding hydrogens is 312 g/mol. The smallest absolute Gasteiger partial charge is 0.267 e. The van der Waals surface area contributed by atoms with Crippen molar-refractivity contribution in [2.24, 2.45) is 0 Å². The maximum absolute atomic E-state index is 12.3. The molecule has 0 saturated carbocycles. The molecule has 0 spiro atoms. The van der Waals surface area contributed by atoms with Gasteiger partial charge in [-0.2, -0.15) is 0 Å². The second kappa shape index (κ2) is 9.88.